The zero-order chi connectivity index (χ0) is 12.3. The van der Waals surface area contributed by atoms with E-state index in [9.17, 15) is 9.18 Å². The van der Waals surface area contributed by atoms with Crippen molar-refractivity contribution in [3.05, 3.63) is 34.1 Å². The fourth-order valence-electron chi connectivity index (χ4n) is 2.55. The van der Waals surface area contributed by atoms with Crippen LogP contribution < -0.4 is 0 Å². The van der Waals surface area contributed by atoms with E-state index in [1.165, 1.54) is 37.8 Å². The molecule has 0 saturated heterocycles. The maximum Gasteiger partial charge on any atom is 0.137 e. The van der Waals surface area contributed by atoms with Crippen LogP contribution in [0.25, 0.3) is 0 Å². The molecule has 1 aliphatic carbocycles. The average molecular weight is 299 g/mol. The summed E-state index contributed by atoms with van der Waals surface area (Å²) in [4.78, 5) is 11.9. The number of ketones is 1. The first-order chi connectivity index (χ1) is 8.13. The lowest BCUT2D eigenvalue weighted by molar-refractivity contribution is -0.119. The molecule has 1 fully saturated rings. The van der Waals surface area contributed by atoms with E-state index in [1.807, 2.05) is 6.07 Å². The largest absolute Gasteiger partial charge is 0.299 e. The van der Waals surface area contributed by atoms with Gasteiger partial charge in [0.25, 0.3) is 0 Å². The molecular weight excluding hydrogens is 283 g/mol. The lowest BCUT2D eigenvalue weighted by atomic mass is 9.97. The molecule has 0 aromatic heterocycles. The number of benzene rings is 1. The molecule has 3 heteroatoms. The van der Waals surface area contributed by atoms with Crippen molar-refractivity contribution < 1.29 is 9.18 Å². The Balaban J connectivity index is 1.92. The number of carbonyl (C=O) groups is 1. The van der Waals surface area contributed by atoms with Gasteiger partial charge in [-0.2, -0.15) is 0 Å². The summed E-state index contributed by atoms with van der Waals surface area (Å²) in [6.45, 7) is 0. The lowest BCUT2D eigenvalue weighted by Crippen LogP contribution is -2.08. The van der Waals surface area contributed by atoms with E-state index >= 15 is 0 Å². The van der Waals surface area contributed by atoms with E-state index in [1.54, 1.807) is 0 Å². The van der Waals surface area contributed by atoms with Crippen LogP contribution in [0.1, 0.15) is 37.7 Å². The van der Waals surface area contributed by atoms with Crippen molar-refractivity contribution >= 4 is 21.7 Å². The minimum absolute atomic E-state index is 0.231. The Labute approximate surface area is 110 Å². The quantitative estimate of drug-likeness (QED) is 0.811. The van der Waals surface area contributed by atoms with Crippen molar-refractivity contribution in [2.24, 2.45) is 5.92 Å². The Morgan fingerprint density at radius 2 is 2.00 bits per heavy atom. The van der Waals surface area contributed by atoms with E-state index in [-0.39, 0.29) is 11.6 Å². The fraction of sp³-hybridized carbons (Fsp3) is 0.500. The lowest BCUT2D eigenvalue weighted by Gasteiger charge is -2.08. The van der Waals surface area contributed by atoms with Gasteiger partial charge in [0.05, 0.1) is 0 Å². The van der Waals surface area contributed by atoms with Crippen LogP contribution in [0.3, 0.4) is 0 Å². The van der Waals surface area contributed by atoms with Crippen LogP contribution in [0.2, 0.25) is 0 Å². The van der Waals surface area contributed by atoms with E-state index in [4.69, 9.17) is 0 Å². The highest BCUT2D eigenvalue weighted by atomic mass is 79.9. The van der Waals surface area contributed by atoms with Crippen LogP contribution in [0, 0.1) is 11.7 Å². The minimum Gasteiger partial charge on any atom is -0.299 e. The van der Waals surface area contributed by atoms with Gasteiger partial charge in [-0.3, -0.25) is 4.79 Å². The van der Waals surface area contributed by atoms with Gasteiger partial charge in [-0.1, -0.05) is 41.6 Å². The summed E-state index contributed by atoms with van der Waals surface area (Å²) in [6, 6.07) is 4.66. The normalized spacial score (nSPS) is 16.4. The van der Waals surface area contributed by atoms with E-state index in [0.717, 1.165) is 5.56 Å². The zero-order valence-corrected chi connectivity index (χ0v) is 11.3. The van der Waals surface area contributed by atoms with Crippen LogP contribution in [-0.2, 0) is 11.2 Å². The monoisotopic (exact) mass is 298 g/mol. The fourth-order valence-corrected chi connectivity index (χ4v) is 3.06. The van der Waals surface area contributed by atoms with Crippen molar-refractivity contribution in [3.63, 3.8) is 0 Å². The predicted molar refractivity (Wildman–Crippen MR) is 69.4 cm³/mol. The number of carbonyl (C=O) groups excluding carboxylic acids is 1. The maximum atomic E-state index is 13.1. The molecule has 0 N–H and O–H groups in total. The molecule has 0 radical (unpaired) electrons. The molecule has 0 bridgehead atoms. The van der Waals surface area contributed by atoms with Crippen LogP contribution in [0.4, 0.5) is 4.39 Å². The van der Waals surface area contributed by atoms with E-state index < -0.39 is 0 Å². The Kier molecular flexibility index (Phi) is 4.32. The number of rotatable bonds is 4. The molecule has 0 spiro atoms. The summed E-state index contributed by atoms with van der Waals surface area (Å²) in [5.74, 6) is 0.511. The summed E-state index contributed by atoms with van der Waals surface area (Å²) in [5.41, 5.74) is 0.764. The molecule has 0 amide bonds. The molecule has 1 saturated carbocycles. The summed E-state index contributed by atoms with van der Waals surface area (Å²) < 4.78 is 13.8. The zero-order valence-electron chi connectivity index (χ0n) is 9.72. The third-order valence-electron chi connectivity index (χ3n) is 3.31. The molecule has 1 aliphatic rings. The summed E-state index contributed by atoms with van der Waals surface area (Å²) in [5, 5.41) is 0. The highest BCUT2D eigenvalue weighted by molar-refractivity contribution is 9.10. The number of hydrogen-bond acceptors (Lipinski definition) is 1. The topological polar surface area (TPSA) is 17.1 Å². The molecule has 1 aromatic rings. The van der Waals surface area contributed by atoms with Gasteiger partial charge in [-0.25, -0.2) is 4.39 Å². The summed E-state index contributed by atoms with van der Waals surface area (Å²) in [6.07, 6.45) is 5.88. The Morgan fingerprint density at radius 1 is 1.29 bits per heavy atom. The van der Waals surface area contributed by atoms with Crippen LogP contribution in [0.5, 0.6) is 0 Å². The van der Waals surface area contributed by atoms with E-state index in [0.29, 0.717) is 23.2 Å². The van der Waals surface area contributed by atoms with Crippen LogP contribution >= 0.6 is 15.9 Å². The van der Waals surface area contributed by atoms with Gasteiger partial charge < -0.3 is 0 Å². The second-order valence-corrected chi connectivity index (χ2v) is 5.76. The van der Waals surface area contributed by atoms with Crippen LogP contribution in [-0.4, -0.2) is 5.78 Å². The SMILES string of the molecule is O=C(Cc1cc(F)cc(Br)c1)CC1CCCC1. The van der Waals surface area contributed by atoms with Crippen LogP contribution in [0.15, 0.2) is 22.7 Å². The number of Topliss-reactive ketones (excluding diaryl/α,β-unsaturated/α-hetero) is 1. The van der Waals surface area contributed by atoms with Crippen molar-refractivity contribution in [3.8, 4) is 0 Å². The third-order valence-corrected chi connectivity index (χ3v) is 3.77. The van der Waals surface area contributed by atoms with Gasteiger partial charge in [0.15, 0.2) is 0 Å². The highest BCUT2D eigenvalue weighted by Gasteiger charge is 2.18. The highest BCUT2D eigenvalue weighted by Crippen LogP contribution is 2.28. The molecule has 2 rings (SSSR count). The van der Waals surface area contributed by atoms with Crippen molar-refractivity contribution in [2.45, 2.75) is 38.5 Å². The molecule has 1 nitrogen and oxygen atoms in total. The second kappa shape index (κ2) is 5.76. The minimum atomic E-state index is -0.289. The van der Waals surface area contributed by atoms with Gasteiger partial charge >= 0.3 is 0 Å². The molecule has 0 heterocycles. The summed E-state index contributed by atoms with van der Waals surface area (Å²) >= 11 is 3.24. The Hall–Kier alpha value is -0.700. The van der Waals surface area contributed by atoms with Gasteiger partial charge in [-0.05, 0) is 29.7 Å². The smallest absolute Gasteiger partial charge is 0.137 e. The summed E-state index contributed by atoms with van der Waals surface area (Å²) in [7, 11) is 0. The van der Waals surface area contributed by atoms with Crippen molar-refractivity contribution in [1.29, 1.82) is 0 Å². The van der Waals surface area contributed by atoms with Crippen molar-refractivity contribution in [1.82, 2.24) is 0 Å². The second-order valence-electron chi connectivity index (χ2n) is 4.85. The van der Waals surface area contributed by atoms with E-state index in [2.05, 4.69) is 15.9 Å². The number of halogens is 2. The first kappa shape index (κ1) is 12.7. The third kappa shape index (κ3) is 3.91. The van der Waals surface area contributed by atoms with Crippen molar-refractivity contribution in [2.75, 3.05) is 0 Å². The molecule has 1 aromatic carbocycles. The maximum absolute atomic E-state index is 13.1. The molecule has 17 heavy (non-hydrogen) atoms. The number of hydrogen-bond donors (Lipinski definition) is 0. The Bertz CT molecular complexity index is 390. The average Bonchev–Trinajstić information content (AvgIpc) is 2.67. The standard InChI is InChI=1S/C14H16BrFO/c15-12-5-11(6-13(16)9-12)8-14(17)7-10-3-1-2-4-10/h5-6,9-10H,1-4,7-8H2. The molecule has 0 atom stereocenters. The molecular formula is C14H16BrFO. The molecule has 0 aliphatic heterocycles. The van der Waals surface area contributed by atoms with Gasteiger partial charge in [0, 0.05) is 17.3 Å². The van der Waals surface area contributed by atoms with Gasteiger partial charge in [-0.15, -0.1) is 0 Å². The first-order valence-electron chi connectivity index (χ1n) is 6.10. The molecule has 0 unspecified atom stereocenters. The predicted octanol–water partition coefficient (Wildman–Crippen LogP) is 4.28. The Morgan fingerprint density at radius 3 is 2.65 bits per heavy atom. The molecule has 92 valence electrons. The first-order valence-corrected chi connectivity index (χ1v) is 6.89. The van der Waals surface area contributed by atoms with Gasteiger partial charge in [0.2, 0.25) is 0 Å². The van der Waals surface area contributed by atoms with Gasteiger partial charge in [0.1, 0.15) is 11.6 Å².